The molecule has 0 saturated carbocycles. The number of aromatic nitrogens is 1. The highest BCUT2D eigenvalue weighted by Gasteiger charge is 2.24. The van der Waals surface area contributed by atoms with E-state index in [1.54, 1.807) is 10.6 Å². The van der Waals surface area contributed by atoms with Crippen LogP contribution in [0.3, 0.4) is 0 Å². The molecule has 1 aromatic heterocycles. The van der Waals surface area contributed by atoms with Crippen LogP contribution in [0.1, 0.15) is 48.3 Å². The Morgan fingerprint density at radius 2 is 1.90 bits per heavy atom. The highest BCUT2D eigenvalue weighted by molar-refractivity contribution is 5.54. The van der Waals surface area contributed by atoms with Gasteiger partial charge in [0.15, 0.2) is 0 Å². The minimum atomic E-state index is 0.353. The maximum atomic E-state index is 7.74. The third-order valence-electron chi connectivity index (χ3n) is 4.57. The molecule has 108 valence electrons. The van der Waals surface area contributed by atoms with Gasteiger partial charge in [0, 0.05) is 6.20 Å². The lowest BCUT2D eigenvalue weighted by molar-refractivity contribution is 0.499. The first kappa shape index (κ1) is 13.8. The molecule has 21 heavy (non-hydrogen) atoms. The zero-order valence-corrected chi connectivity index (χ0v) is 12.3. The molecule has 0 bridgehead atoms. The summed E-state index contributed by atoms with van der Waals surface area (Å²) in [5.41, 5.74) is 4.52. The molecule has 1 aromatic carbocycles. The van der Waals surface area contributed by atoms with Gasteiger partial charge in [-0.05, 0) is 53.9 Å². The van der Waals surface area contributed by atoms with Gasteiger partial charge in [-0.3, -0.25) is 15.4 Å². The number of rotatable bonds is 3. The van der Waals surface area contributed by atoms with Gasteiger partial charge >= 0.3 is 0 Å². The van der Waals surface area contributed by atoms with Crippen LogP contribution in [-0.4, -0.2) is 10.9 Å². The third kappa shape index (κ3) is 2.68. The van der Waals surface area contributed by atoms with Crippen molar-refractivity contribution in [3.05, 3.63) is 64.8 Å². The molecule has 0 radical (unpaired) electrons. The Bertz CT molecular complexity index is 714. The summed E-state index contributed by atoms with van der Waals surface area (Å²) in [7, 11) is 0. The van der Waals surface area contributed by atoms with E-state index in [4.69, 9.17) is 10.8 Å². The molecule has 1 heterocycles. The molecule has 2 N–H and O–H groups in total. The van der Waals surface area contributed by atoms with Gasteiger partial charge in [0.05, 0.1) is 6.34 Å². The molecule has 2 unspecified atom stereocenters. The smallest absolute Gasteiger partial charge is 0.129 e. The fourth-order valence-corrected chi connectivity index (χ4v) is 3.38. The van der Waals surface area contributed by atoms with Crippen LogP contribution in [0, 0.1) is 10.8 Å². The SMILES string of the molecule is CC1CCC(Cc2ccc(=N)n(C=N)c2)c2ccccc21. The van der Waals surface area contributed by atoms with Gasteiger partial charge in [-0.15, -0.1) is 0 Å². The third-order valence-corrected chi connectivity index (χ3v) is 4.57. The number of pyridine rings is 1. The van der Waals surface area contributed by atoms with E-state index in [0.29, 0.717) is 17.3 Å². The van der Waals surface area contributed by atoms with Crippen LogP contribution >= 0.6 is 0 Å². The molecule has 0 aliphatic heterocycles. The molecular weight excluding hydrogens is 258 g/mol. The summed E-state index contributed by atoms with van der Waals surface area (Å²) in [4.78, 5) is 0. The first-order valence-electron chi connectivity index (χ1n) is 7.54. The van der Waals surface area contributed by atoms with Gasteiger partial charge in [0.2, 0.25) is 0 Å². The van der Waals surface area contributed by atoms with Crippen molar-refractivity contribution in [1.82, 2.24) is 4.57 Å². The number of hydrogen-bond donors (Lipinski definition) is 2. The Kier molecular flexibility index (Phi) is 3.74. The maximum Gasteiger partial charge on any atom is 0.129 e. The Morgan fingerprint density at radius 3 is 2.67 bits per heavy atom. The topological polar surface area (TPSA) is 52.6 Å². The second-order valence-corrected chi connectivity index (χ2v) is 5.97. The Morgan fingerprint density at radius 1 is 1.14 bits per heavy atom. The lowest BCUT2D eigenvalue weighted by Gasteiger charge is -2.30. The van der Waals surface area contributed by atoms with Gasteiger partial charge in [0.25, 0.3) is 0 Å². The Hall–Kier alpha value is -2.16. The van der Waals surface area contributed by atoms with Crippen molar-refractivity contribution in [3.8, 4) is 0 Å². The van der Waals surface area contributed by atoms with Crippen molar-refractivity contribution < 1.29 is 0 Å². The number of fused-ring (bicyclic) bond motifs is 1. The van der Waals surface area contributed by atoms with Gasteiger partial charge < -0.3 is 0 Å². The second kappa shape index (κ2) is 5.68. The lowest BCUT2D eigenvalue weighted by Crippen LogP contribution is -2.20. The molecule has 0 spiro atoms. The van der Waals surface area contributed by atoms with E-state index in [1.807, 2.05) is 12.3 Å². The van der Waals surface area contributed by atoms with E-state index in [-0.39, 0.29) is 0 Å². The quantitative estimate of drug-likeness (QED) is 0.636. The number of benzene rings is 1. The van der Waals surface area contributed by atoms with Crippen LogP contribution in [0.15, 0.2) is 42.6 Å². The van der Waals surface area contributed by atoms with Gasteiger partial charge in [-0.1, -0.05) is 37.3 Å². The van der Waals surface area contributed by atoms with Crippen LogP contribution in [0.25, 0.3) is 0 Å². The minimum absolute atomic E-state index is 0.353. The minimum Gasteiger partial charge on any atom is -0.293 e. The van der Waals surface area contributed by atoms with Crippen molar-refractivity contribution >= 4 is 6.34 Å². The number of hydrogen-bond acceptors (Lipinski definition) is 2. The second-order valence-electron chi connectivity index (χ2n) is 5.97. The van der Waals surface area contributed by atoms with Crippen LogP contribution < -0.4 is 5.49 Å². The molecular formula is C18H21N3. The Balaban J connectivity index is 1.91. The molecule has 0 saturated heterocycles. The number of nitrogens with zero attached hydrogens (tertiary/aromatic N) is 1. The highest BCUT2D eigenvalue weighted by atomic mass is 15.0. The van der Waals surface area contributed by atoms with Crippen LogP contribution in [0.4, 0.5) is 0 Å². The predicted octanol–water partition coefficient (Wildman–Crippen LogP) is 3.65. The first-order valence-corrected chi connectivity index (χ1v) is 7.54. The molecule has 1 aliphatic rings. The lowest BCUT2D eigenvalue weighted by atomic mass is 9.75. The monoisotopic (exact) mass is 279 g/mol. The zero-order valence-electron chi connectivity index (χ0n) is 12.3. The van der Waals surface area contributed by atoms with Crippen molar-refractivity contribution in [2.24, 2.45) is 0 Å². The van der Waals surface area contributed by atoms with Crippen molar-refractivity contribution in [2.45, 2.75) is 38.0 Å². The van der Waals surface area contributed by atoms with Crippen LogP contribution in [-0.2, 0) is 6.42 Å². The summed E-state index contributed by atoms with van der Waals surface area (Å²) >= 11 is 0. The molecule has 2 atom stereocenters. The molecule has 0 amide bonds. The van der Waals surface area contributed by atoms with E-state index in [9.17, 15) is 0 Å². The van der Waals surface area contributed by atoms with Crippen molar-refractivity contribution in [1.29, 1.82) is 10.8 Å². The summed E-state index contributed by atoms with van der Waals surface area (Å²) < 4.78 is 1.56. The van der Waals surface area contributed by atoms with E-state index in [0.717, 1.165) is 6.42 Å². The maximum absolute atomic E-state index is 7.74. The van der Waals surface area contributed by atoms with Crippen LogP contribution in [0.2, 0.25) is 0 Å². The molecule has 3 nitrogen and oxygen atoms in total. The molecule has 1 aliphatic carbocycles. The Labute approximate surface area is 125 Å². The van der Waals surface area contributed by atoms with E-state index in [2.05, 4.69) is 31.2 Å². The normalized spacial score (nSPS) is 20.8. The largest absolute Gasteiger partial charge is 0.293 e. The van der Waals surface area contributed by atoms with Crippen molar-refractivity contribution in [2.75, 3.05) is 0 Å². The van der Waals surface area contributed by atoms with Gasteiger partial charge in [-0.2, -0.15) is 0 Å². The molecule has 3 rings (SSSR count). The average Bonchev–Trinajstić information content (AvgIpc) is 2.52. The average molecular weight is 279 g/mol. The predicted molar refractivity (Wildman–Crippen MR) is 85.0 cm³/mol. The fraction of sp³-hybridized carbons (Fsp3) is 0.333. The van der Waals surface area contributed by atoms with E-state index in [1.165, 1.54) is 35.9 Å². The summed E-state index contributed by atoms with van der Waals surface area (Å²) in [5.74, 6) is 1.20. The van der Waals surface area contributed by atoms with E-state index < -0.39 is 0 Å². The van der Waals surface area contributed by atoms with Crippen LogP contribution in [0.5, 0.6) is 0 Å². The zero-order chi connectivity index (χ0) is 14.8. The summed E-state index contributed by atoms with van der Waals surface area (Å²) in [6.45, 7) is 2.31. The van der Waals surface area contributed by atoms with E-state index >= 15 is 0 Å². The summed E-state index contributed by atoms with van der Waals surface area (Å²) in [5, 5.41) is 15.1. The first-order chi connectivity index (χ1) is 10.2. The molecule has 3 heteroatoms. The van der Waals surface area contributed by atoms with Crippen molar-refractivity contribution in [3.63, 3.8) is 0 Å². The summed E-state index contributed by atoms with van der Waals surface area (Å²) in [6, 6.07) is 12.6. The highest BCUT2D eigenvalue weighted by Crippen LogP contribution is 2.39. The summed E-state index contributed by atoms with van der Waals surface area (Å²) in [6.07, 6.45) is 6.55. The van der Waals surface area contributed by atoms with Gasteiger partial charge in [-0.25, -0.2) is 0 Å². The van der Waals surface area contributed by atoms with Gasteiger partial charge in [0.1, 0.15) is 5.49 Å². The number of nitrogens with one attached hydrogen (secondary N) is 2. The standard InChI is InChI=1S/C18H21N3/c1-13-6-8-15(17-5-3-2-4-16(13)17)10-14-7-9-18(20)21(11-14)12-19/h2-5,7,9,11-13,15,19-20H,6,8,10H2,1H3. The fourth-order valence-electron chi connectivity index (χ4n) is 3.38. The molecule has 0 fully saturated rings. The molecule has 2 aromatic rings.